The predicted octanol–water partition coefficient (Wildman–Crippen LogP) is 5.20. The first-order chi connectivity index (χ1) is 12.4. The van der Waals surface area contributed by atoms with Gasteiger partial charge in [-0.1, -0.05) is 47.0 Å². The summed E-state index contributed by atoms with van der Waals surface area (Å²) in [5.74, 6) is 0.164. The first-order valence-electron chi connectivity index (χ1n) is 7.96. The zero-order valence-corrected chi connectivity index (χ0v) is 15.7. The minimum atomic E-state index is -0.666. The van der Waals surface area contributed by atoms with Gasteiger partial charge in [-0.25, -0.2) is 0 Å². The molecule has 0 spiro atoms. The van der Waals surface area contributed by atoms with E-state index in [2.05, 4.69) is 10.2 Å². The number of nitrogens with zero attached hydrogens (tertiary/aromatic N) is 2. The van der Waals surface area contributed by atoms with Crippen LogP contribution in [-0.2, 0) is 16.0 Å². The molecule has 1 aromatic heterocycles. The quantitative estimate of drug-likeness (QED) is 0.560. The summed E-state index contributed by atoms with van der Waals surface area (Å²) >= 11 is 11.9. The summed E-state index contributed by atoms with van der Waals surface area (Å²) < 4.78 is 11.0. The maximum absolute atomic E-state index is 12.1. The number of hydrogen-bond donors (Lipinski definition) is 0. The molecule has 1 unspecified atom stereocenters. The molecule has 3 aromatic rings. The fourth-order valence-electron chi connectivity index (χ4n) is 2.32. The average molecular weight is 391 g/mol. The van der Waals surface area contributed by atoms with Gasteiger partial charge in [0.25, 0.3) is 5.89 Å². The Bertz CT molecular complexity index is 923. The van der Waals surface area contributed by atoms with E-state index in [0.29, 0.717) is 21.5 Å². The van der Waals surface area contributed by atoms with Crippen LogP contribution in [0.15, 0.2) is 46.9 Å². The molecule has 0 aliphatic rings. The molecule has 0 saturated carbocycles. The van der Waals surface area contributed by atoms with E-state index in [1.54, 1.807) is 25.1 Å². The lowest BCUT2D eigenvalue weighted by Gasteiger charge is -2.10. The third-order valence-electron chi connectivity index (χ3n) is 3.75. The molecule has 26 heavy (non-hydrogen) atoms. The van der Waals surface area contributed by atoms with E-state index in [-0.39, 0.29) is 12.3 Å². The Morgan fingerprint density at radius 2 is 1.88 bits per heavy atom. The molecule has 0 aliphatic carbocycles. The van der Waals surface area contributed by atoms with Crippen LogP contribution in [0.25, 0.3) is 11.5 Å². The Balaban J connectivity index is 1.65. The molecule has 5 nitrogen and oxygen atoms in total. The van der Waals surface area contributed by atoms with Crippen LogP contribution in [0, 0.1) is 6.92 Å². The minimum Gasteiger partial charge on any atom is -0.452 e. The Morgan fingerprint density at radius 1 is 1.15 bits per heavy atom. The first-order valence-corrected chi connectivity index (χ1v) is 8.72. The highest BCUT2D eigenvalue weighted by Crippen LogP contribution is 2.25. The lowest BCUT2D eigenvalue weighted by molar-refractivity contribution is -0.148. The van der Waals surface area contributed by atoms with Crippen molar-refractivity contribution in [2.24, 2.45) is 0 Å². The van der Waals surface area contributed by atoms with Crippen molar-refractivity contribution in [1.82, 2.24) is 10.2 Å². The van der Waals surface area contributed by atoms with Crippen LogP contribution < -0.4 is 0 Å². The van der Waals surface area contributed by atoms with E-state index in [1.807, 2.05) is 31.2 Å². The minimum absolute atomic E-state index is 0.0271. The van der Waals surface area contributed by atoms with Gasteiger partial charge in [-0.2, -0.15) is 0 Å². The van der Waals surface area contributed by atoms with Crippen LogP contribution in [-0.4, -0.2) is 16.2 Å². The summed E-state index contributed by atoms with van der Waals surface area (Å²) in [6.07, 6.45) is -0.639. The third-order valence-corrected chi connectivity index (χ3v) is 4.33. The third kappa shape index (κ3) is 4.42. The maximum atomic E-state index is 12.1. The van der Waals surface area contributed by atoms with E-state index >= 15 is 0 Å². The summed E-state index contributed by atoms with van der Waals surface area (Å²) in [6, 6.07) is 12.7. The van der Waals surface area contributed by atoms with Crippen LogP contribution in [0.3, 0.4) is 0 Å². The Morgan fingerprint density at radius 3 is 2.58 bits per heavy atom. The fourth-order valence-corrected chi connectivity index (χ4v) is 2.80. The monoisotopic (exact) mass is 390 g/mol. The molecule has 2 aromatic carbocycles. The molecular weight excluding hydrogens is 375 g/mol. The first kappa shape index (κ1) is 18.4. The van der Waals surface area contributed by atoms with Crippen LogP contribution in [0.5, 0.6) is 0 Å². The highest BCUT2D eigenvalue weighted by Gasteiger charge is 2.20. The van der Waals surface area contributed by atoms with Gasteiger partial charge in [0.2, 0.25) is 5.89 Å². The van der Waals surface area contributed by atoms with Crippen molar-refractivity contribution in [2.45, 2.75) is 26.4 Å². The molecule has 0 bridgehead atoms. The number of aromatic nitrogens is 2. The number of rotatable bonds is 5. The highest BCUT2D eigenvalue weighted by atomic mass is 35.5. The lowest BCUT2D eigenvalue weighted by atomic mass is 10.1. The summed E-state index contributed by atoms with van der Waals surface area (Å²) in [5, 5.41) is 8.90. The Kier molecular flexibility index (Phi) is 5.59. The van der Waals surface area contributed by atoms with Crippen molar-refractivity contribution in [2.75, 3.05) is 0 Å². The van der Waals surface area contributed by atoms with Gasteiger partial charge in [0, 0.05) is 15.6 Å². The molecule has 0 saturated heterocycles. The fraction of sp³-hybridized carbons (Fsp3) is 0.211. The molecule has 1 heterocycles. The SMILES string of the molecule is Cc1ccc(-c2nnc(C(C)OC(=O)Cc3ccc(Cl)cc3Cl)o2)cc1. The van der Waals surface area contributed by atoms with Gasteiger partial charge < -0.3 is 9.15 Å². The molecule has 3 rings (SSSR count). The van der Waals surface area contributed by atoms with Crippen molar-refractivity contribution in [1.29, 1.82) is 0 Å². The number of carbonyl (C=O) groups is 1. The number of ether oxygens (including phenoxy) is 1. The molecule has 1 atom stereocenters. The molecular formula is C19H16Cl2N2O3. The van der Waals surface area contributed by atoms with Gasteiger partial charge in [-0.3, -0.25) is 4.79 Å². The van der Waals surface area contributed by atoms with Crippen LogP contribution in [0.1, 0.15) is 30.0 Å². The van der Waals surface area contributed by atoms with Crippen molar-refractivity contribution in [3.05, 3.63) is 69.5 Å². The van der Waals surface area contributed by atoms with Gasteiger partial charge in [-0.15, -0.1) is 10.2 Å². The van der Waals surface area contributed by atoms with Gasteiger partial charge >= 0.3 is 5.97 Å². The number of carbonyl (C=O) groups excluding carboxylic acids is 1. The van der Waals surface area contributed by atoms with Crippen LogP contribution in [0.2, 0.25) is 10.0 Å². The van der Waals surface area contributed by atoms with Crippen LogP contribution >= 0.6 is 23.2 Å². The topological polar surface area (TPSA) is 65.2 Å². The Labute approximate surface area is 160 Å². The number of benzene rings is 2. The number of esters is 1. The smallest absolute Gasteiger partial charge is 0.311 e. The molecule has 134 valence electrons. The predicted molar refractivity (Wildman–Crippen MR) is 99.1 cm³/mol. The average Bonchev–Trinajstić information content (AvgIpc) is 3.08. The standard InChI is InChI=1S/C19H16Cl2N2O3/c1-11-3-5-13(6-4-11)19-23-22-18(26-19)12(2)25-17(24)9-14-7-8-15(20)10-16(14)21/h3-8,10,12H,9H2,1-2H3. The summed E-state index contributed by atoms with van der Waals surface area (Å²) in [5.41, 5.74) is 2.58. The summed E-state index contributed by atoms with van der Waals surface area (Å²) in [7, 11) is 0. The highest BCUT2D eigenvalue weighted by molar-refractivity contribution is 6.35. The molecule has 0 radical (unpaired) electrons. The largest absolute Gasteiger partial charge is 0.452 e. The van der Waals surface area contributed by atoms with Crippen molar-refractivity contribution in [3.63, 3.8) is 0 Å². The second-order valence-corrected chi connectivity index (χ2v) is 6.70. The van der Waals surface area contributed by atoms with Gasteiger partial charge in [0.15, 0.2) is 6.10 Å². The zero-order valence-electron chi connectivity index (χ0n) is 14.2. The number of aryl methyl sites for hydroxylation is 1. The van der Waals surface area contributed by atoms with E-state index in [9.17, 15) is 4.79 Å². The molecule has 0 fully saturated rings. The van der Waals surface area contributed by atoms with Crippen LogP contribution in [0.4, 0.5) is 0 Å². The second-order valence-electron chi connectivity index (χ2n) is 5.86. The van der Waals surface area contributed by atoms with Gasteiger partial charge in [0.05, 0.1) is 6.42 Å². The Hall–Kier alpha value is -2.37. The zero-order chi connectivity index (χ0) is 18.7. The number of hydrogen-bond acceptors (Lipinski definition) is 5. The second kappa shape index (κ2) is 7.89. The summed E-state index contributed by atoms with van der Waals surface area (Å²) in [6.45, 7) is 3.67. The summed E-state index contributed by atoms with van der Waals surface area (Å²) in [4.78, 5) is 12.1. The van der Waals surface area contributed by atoms with Crippen molar-refractivity contribution in [3.8, 4) is 11.5 Å². The van der Waals surface area contributed by atoms with E-state index in [0.717, 1.165) is 11.1 Å². The maximum Gasteiger partial charge on any atom is 0.311 e. The molecule has 0 aliphatic heterocycles. The van der Waals surface area contributed by atoms with E-state index in [1.165, 1.54) is 0 Å². The number of halogens is 2. The van der Waals surface area contributed by atoms with Gasteiger partial charge in [-0.05, 0) is 43.7 Å². The lowest BCUT2D eigenvalue weighted by Crippen LogP contribution is -2.12. The molecule has 7 heteroatoms. The molecule has 0 amide bonds. The van der Waals surface area contributed by atoms with Crippen molar-refractivity contribution >= 4 is 29.2 Å². The van der Waals surface area contributed by atoms with E-state index in [4.69, 9.17) is 32.4 Å². The molecule has 0 N–H and O–H groups in total. The normalized spacial score (nSPS) is 12.0. The van der Waals surface area contributed by atoms with Crippen molar-refractivity contribution < 1.29 is 13.9 Å². The van der Waals surface area contributed by atoms with E-state index < -0.39 is 12.1 Å². The van der Waals surface area contributed by atoms with Gasteiger partial charge in [0.1, 0.15) is 0 Å².